The van der Waals surface area contributed by atoms with E-state index < -0.39 is 27.6 Å². The van der Waals surface area contributed by atoms with Gasteiger partial charge in [-0.05, 0) is 24.5 Å². The molecule has 0 saturated carbocycles. The van der Waals surface area contributed by atoms with Crippen LogP contribution in [-0.2, 0) is 10.0 Å². The zero-order valence-electron chi connectivity index (χ0n) is 10.9. The van der Waals surface area contributed by atoms with Gasteiger partial charge in [-0.1, -0.05) is 19.9 Å². The van der Waals surface area contributed by atoms with Gasteiger partial charge in [0.2, 0.25) is 10.0 Å². The van der Waals surface area contributed by atoms with Crippen LogP contribution in [0.2, 0.25) is 0 Å². The summed E-state index contributed by atoms with van der Waals surface area (Å²) in [5, 5.41) is 9.18. The minimum Gasteiger partial charge on any atom is -0.395 e. The molecule has 1 atom stereocenters. The molecule has 7 heteroatoms. The van der Waals surface area contributed by atoms with Crippen LogP contribution in [0.4, 0.5) is 10.1 Å². The number of aliphatic hydroxyl groups is 1. The number of nitrogen functional groups attached to an aromatic ring is 1. The van der Waals surface area contributed by atoms with Gasteiger partial charge in [0.25, 0.3) is 0 Å². The smallest absolute Gasteiger partial charge is 0.243 e. The molecule has 4 N–H and O–H groups in total. The van der Waals surface area contributed by atoms with E-state index in [1.807, 2.05) is 13.8 Å². The normalized spacial score (nSPS) is 13.7. The van der Waals surface area contributed by atoms with E-state index in [4.69, 9.17) is 5.73 Å². The van der Waals surface area contributed by atoms with Crippen LogP contribution in [0.5, 0.6) is 0 Å². The molecule has 0 radical (unpaired) electrons. The summed E-state index contributed by atoms with van der Waals surface area (Å²) < 4.78 is 39.8. The summed E-state index contributed by atoms with van der Waals surface area (Å²) in [7, 11) is -3.95. The molecule has 0 bridgehead atoms. The van der Waals surface area contributed by atoms with Crippen LogP contribution in [0, 0.1) is 11.7 Å². The Kier molecular flexibility index (Phi) is 5.28. The number of hydrogen-bond acceptors (Lipinski definition) is 4. The van der Waals surface area contributed by atoms with Crippen molar-refractivity contribution in [3.05, 3.63) is 24.0 Å². The van der Waals surface area contributed by atoms with Crippen LogP contribution in [0.1, 0.15) is 20.3 Å². The fourth-order valence-electron chi connectivity index (χ4n) is 1.76. The van der Waals surface area contributed by atoms with Crippen molar-refractivity contribution < 1.29 is 17.9 Å². The molecule has 1 aromatic rings. The van der Waals surface area contributed by atoms with Crippen molar-refractivity contribution in [2.45, 2.75) is 31.2 Å². The Hall–Kier alpha value is -1.18. The molecule has 0 fully saturated rings. The summed E-state index contributed by atoms with van der Waals surface area (Å²) in [6.45, 7) is 3.49. The molecule has 5 nitrogen and oxygen atoms in total. The lowest BCUT2D eigenvalue weighted by atomic mass is 10.1. The number of hydrogen-bond donors (Lipinski definition) is 3. The second kappa shape index (κ2) is 6.31. The van der Waals surface area contributed by atoms with Crippen LogP contribution in [0.25, 0.3) is 0 Å². The minimum absolute atomic E-state index is 0.213. The maximum atomic E-state index is 13.3. The first-order valence-corrected chi connectivity index (χ1v) is 7.43. The van der Waals surface area contributed by atoms with Crippen LogP contribution in [-0.4, -0.2) is 26.2 Å². The average Bonchev–Trinajstić information content (AvgIpc) is 2.30. The maximum absolute atomic E-state index is 13.3. The first-order valence-electron chi connectivity index (χ1n) is 5.95. The van der Waals surface area contributed by atoms with E-state index in [0.29, 0.717) is 6.42 Å². The minimum atomic E-state index is -3.95. The van der Waals surface area contributed by atoms with Gasteiger partial charge in [-0.2, -0.15) is 0 Å². The van der Waals surface area contributed by atoms with Crippen LogP contribution >= 0.6 is 0 Å². The topological polar surface area (TPSA) is 92.4 Å². The summed E-state index contributed by atoms with van der Waals surface area (Å²) >= 11 is 0. The summed E-state index contributed by atoms with van der Waals surface area (Å²) in [6.07, 6.45) is 0.477. The van der Waals surface area contributed by atoms with Gasteiger partial charge in [0.05, 0.1) is 12.3 Å². The highest BCUT2D eigenvalue weighted by Gasteiger charge is 2.23. The molecule has 0 aromatic heterocycles. The highest BCUT2D eigenvalue weighted by molar-refractivity contribution is 7.89. The summed E-state index contributed by atoms with van der Waals surface area (Å²) in [6, 6.07) is 2.97. The maximum Gasteiger partial charge on any atom is 0.243 e. The molecule has 19 heavy (non-hydrogen) atoms. The van der Waals surface area contributed by atoms with E-state index in [0.717, 1.165) is 6.07 Å². The van der Waals surface area contributed by atoms with Gasteiger partial charge in [-0.25, -0.2) is 17.5 Å². The molecular weight excluding hydrogens is 271 g/mol. The van der Waals surface area contributed by atoms with E-state index in [-0.39, 0.29) is 17.4 Å². The standard InChI is InChI=1S/C12H19FN2O3S/c1-8(2)6-9(7-16)15-19(17,18)11-5-3-4-10(13)12(11)14/h3-5,8-9,15-16H,6-7,14H2,1-2H3. The quantitative estimate of drug-likeness (QED) is 0.684. The van der Waals surface area contributed by atoms with E-state index >= 15 is 0 Å². The van der Waals surface area contributed by atoms with Crippen molar-refractivity contribution >= 4 is 15.7 Å². The van der Waals surface area contributed by atoms with E-state index in [9.17, 15) is 17.9 Å². The average molecular weight is 290 g/mol. The number of anilines is 1. The summed E-state index contributed by atoms with van der Waals surface area (Å²) in [4.78, 5) is -0.310. The number of benzene rings is 1. The van der Waals surface area contributed by atoms with Crippen molar-refractivity contribution in [1.82, 2.24) is 4.72 Å². The Balaban J connectivity index is 3.01. The molecule has 0 amide bonds. The Morgan fingerprint density at radius 2 is 2.05 bits per heavy atom. The van der Waals surface area contributed by atoms with Crippen LogP contribution in [0.3, 0.4) is 0 Å². The lowest BCUT2D eigenvalue weighted by molar-refractivity contribution is 0.240. The van der Waals surface area contributed by atoms with Gasteiger partial charge in [-0.3, -0.25) is 0 Å². The number of para-hydroxylation sites is 1. The fraction of sp³-hybridized carbons (Fsp3) is 0.500. The highest BCUT2D eigenvalue weighted by Crippen LogP contribution is 2.21. The number of nitrogens with two attached hydrogens (primary N) is 1. The van der Waals surface area contributed by atoms with Gasteiger partial charge >= 0.3 is 0 Å². The third-order valence-electron chi connectivity index (χ3n) is 2.60. The second-order valence-corrected chi connectivity index (χ2v) is 6.46. The summed E-state index contributed by atoms with van der Waals surface area (Å²) in [5.41, 5.74) is 5.01. The largest absolute Gasteiger partial charge is 0.395 e. The number of halogens is 1. The van der Waals surface area contributed by atoms with Crippen LogP contribution in [0.15, 0.2) is 23.1 Å². The van der Waals surface area contributed by atoms with Crippen molar-refractivity contribution in [3.8, 4) is 0 Å². The molecule has 0 heterocycles. The van der Waals surface area contributed by atoms with E-state index in [2.05, 4.69) is 4.72 Å². The lowest BCUT2D eigenvalue weighted by Gasteiger charge is -2.19. The van der Waals surface area contributed by atoms with Crippen LogP contribution < -0.4 is 10.5 Å². The molecule has 108 valence electrons. The van der Waals surface area contributed by atoms with Gasteiger partial charge in [0.1, 0.15) is 10.7 Å². The molecule has 0 spiro atoms. The van der Waals surface area contributed by atoms with E-state index in [1.54, 1.807) is 0 Å². The zero-order valence-corrected chi connectivity index (χ0v) is 11.7. The SMILES string of the molecule is CC(C)CC(CO)NS(=O)(=O)c1cccc(F)c1N. The van der Waals surface area contributed by atoms with Gasteiger partial charge in [0.15, 0.2) is 0 Å². The first kappa shape index (κ1) is 15.9. The molecule has 1 unspecified atom stereocenters. The Bertz CT molecular complexity index is 532. The lowest BCUT2D eigenvalue weighted by Crippen LogP contribution is -2.38. The number of rotatable bonds is 6. The number of nitrogens with one attached hydrogen (secondary N) is 1. The molecule has 1 aromatic carbocycles. The van der Waals surface area contributed by atoms with Gasteiger partial charge in [0, 0.05) is 6.04 Å². The zero-order chi connectivity index (χ0) is 14.6. The fourth-order valence-corrected chi connectivity index (χ4v) is 3.14. The molecule has 0 aliphatic rings. The van der Waals surface area contributed by atoms with Crippen molar-refractivity contribution in [2.24, 2.45) is 5.92 Å². The van der Waals surface area contributed by atoms with Gasteiger partial charge < -0.3 is 10.8 Å². The molecule has 0 aliphatic heterocycles. The molecule has 0 aliphatic carbocycles. The monoisotopic (exact) mass is 290 g/mol. The Morgan fingerprint density at radius 1 is 1.42 bits per heavy atom. The molecule has 1 rings (SSSR count). The van der Waals surface area contributed by atoms with Crippen molar-refractivity contribution in [3.63, 3.8) is 0 Å². The Labute approximate surface area is 112 Å². The van der Waals surface area contributed by atoms with E-state index in [1.165, 1.54) is 12.1 Å². The Morgan fingerprint density at radius 3 is 2.58 bits per heavy atom. The van der Waals surface area contributed by atoms with Gasteiger partial charge in [-0.15, -0.1) is 0 Å². The number of sulfonamides is 1. The second-order valence-electron chi connectivity index (χ2n) is 4.78. The van der Waals surface area contributed by atoms with Crippen molar-refractivity contribution in [2.75, 3.05) is 12.3 Å². The predicted molar refractivity (Wildman–Crippen MR) is 71.5 cm³/mol. The third kappa shape index (κ3) is 4.15. The first-order chi connectivity index (χ1) is 8.77. The molecule has 0 saturated heterocycles. The highest BCUT2D eigenvalue weighted by atomic mass is 32.2. The predicted octanol–water partition coefficient (Wildman–Crippen LogP) is 1.09. The van der Waals surface area contributed by atoms with Crippen molar-refractivity contribution in [1.29, 1.82) is 0 Å². The summed E-state index contributed by atoms with van der Waals surface area (Å²) in [5.74, 6) is -0.572. The molecular formula is C12H19FN2O3S. The number of aliphatic hydroxyl groups excluding tert-OH is 1. The third-order valence-corrected chi connectivity index (χ3v) is 4.18.